The molecule has 3 aromatic rings. The first kappa shape index (κ1) is 19.0. The van der Waals surface area contributed by atoms with Crippen molar-refractivity contribution in [3.05, 3.63) is 64.7 Å². The lowest BCUT2D eigenvalue weighted by Gasteiger charge is -2.33. The molecule has 0 aliphatic heterocycles. The molecule has 8 heteroatoms. The van der Waals surface area contributed by atoms with E-state index in [4.69, 9.17) is 11.6 Å². The summed E-state index contributed by atoms with van der Waals surface area (Å²) < 4.78 is 1.62. The highest BCUT2D eigenvalue weighted by atomic mass is 35.5. The van der Waals surface area contributed by atoms with Gasteiger partial charge in [0.05, 0.1) is 17.5 Å². The number of fused-ring (bicyclic) bond motifs is 1. The summed E-state index contributed by atoms with van der Waals surface area (Å²) in [6.45, 7) is 0. The molecule has 2 aromatic carbocycles. The summed E-state index contributed by atoms with van der Waals surface area (Å²) in [6, 6.07) is 15.8. The fourth-order valence-electron chi connectivity index (χ4n) is 3.55. The standard InChI is InChI=1S/C20H20ClN5OS/c1-25(18-8-4-6-14-5-2-3-7-17(14)18)19(27)13-28-20-22-23-24-26(20)16-11-9-15(21)10-12-16/h2-3,5,7,9-12,18H,4,6,8,13H2,1H3/t18-/m0/s1. The number of hydrogen-bond donors (Lipinski definition) is 0. The summed E-state index contributed by atoms with van der Waals surface area (Å²) in [4.78, 5) is 14.7. The summed E-state index contributed by atoms with van der Waals surface area (Å²) in [6.07, 6.45) is 3.17. The summed E-state index contributed by atoms with van der Waals surface area (Å²) >= 11 is 7.28. The van der Waals surface area contributed by atoms with Crippen molar-refractivity contribution in [1.29, 1.82) is 0 Å². The lowest BCUT2D eigenvalue weighted by molar-refractivity contribution is -0.129. The van der Waals surface area contributed by atoms with E-state index in [0.717, 1.165) is 24.9 Å². The minimum Gasteiger partial charge on any atom is -0.338 e. The van der Waals surface area contributed by atoms with Crippen LogP contribution in [0.15, 0.2) is 53.7 Å². The van der Waals surface area contributed by atoms with Crippen LogP contribution >= 0.6 is 23.4 Å². The Morgan fingerprint density at radius 2 is 2.04 bits per heavy atom. The van der Waals surface area contributed by atoms with Gasteiger partial charge in [0, 0.05) is 12.1 Å². The molecule has 0 fully saturated rings. The van der Waals surface area contributed by atoms with Gasteiger partial charge in [-0.2, -0.15) is 4.68 Å². The molecule has 144 valence electrons. The second-order valence-corrected chi connectivity index (χ2v) is 8.13. The van der Waals surface area contributed by atoms with Crippen LogP contribution in [0.1, 0.15) is 30.0 Å². The number of aryl methyl sites for hydroxylation is 1. The number of carbonyl (C=O) groups is 1. The predicted octanol–water partition coefficient (Wildman–Crippen LogP) is 3.94. The third kappa shape index (κ3) is 3.91. The number of thioether (sulfide) groups is 1. The Bertz CT molecular complexity index is 975. The Balaban J connectivity index is 1.44. The van der Waals surface area contributed by atoms with Crippen molar-refractivity contribution in [2.45, 2.75) is 30.5 Å². The quantitative estimate of drug-likeness (QED) is 0.593. The number of nitrogens with zero attached hydrogens (tertiary/aromatic N) is 5. The lowest BCUT2D eigenvalue weighted by Crippen LogP contribution is -2.34. The van der Waals surface area contributed by atoms with Gasteiger partial charge in [-0.1, -0.05) is 47.6 Å². The highest BCUT2D eigenvalue weighted by Gasteiger charge is 2.26. The van der Waals surface area contributed by atoms with Crippen LogP contribution in [0.4, 0.5) is 0 Å². The molecule has 0 saturated carbocycles. The van der Waals surface area contributed by atoms with E-state index in [0.29, 0.717) is 10.2 Å². The second-order valence-electron chi connectivity index (χ2n) is 6.75. The fourth-order valence-corrected chi connectivity index (χ4v) is 4.49. The Morgan fingerprint density at radius 1 is 1.25 bits per heavy atom. The van der Waals surface area contributed by atoms with Crippen LogP contribution in [0.2, 0.25) is 5.02 Å². The van der Waals surface area contributed by atoms with Gasteiger partial charge in [0.25, 0.3) is 0 Å². The van der Waals surface area contributed by atoms with Gasteiger partial charge in [-0.05, 0) is 65.1 Å². The molecule has 4 rings (SSSR count). The van der Waals surface area contributed by atoms with E-state index in [1.807, 2.05) is 30.1 Å². The number of tetrazole rings is 1. The zero-order valence-corrected chi connectivity index (χ0v) is 17.0. The number of halogens is 1. The molecule has 28 heavy (non-hydrogen) atoms. The Hall–Kier alpha value is -2.38. The number of hydrogen-bond acceptors (Lipinski definition) is 5. The van der Waals surface area contributed by atoms with Crippen molar-refractivity contribution >= 4 is 29.3 Å². The first-order chi connectivity index (χ1) is 13.6. The molecule has 1 heterocycles. The van der Waals surface area contributed by atoms with E-state index in [9.17, 15) is 4.79 Å². The summed E-state index contributed by atoms with van der Waals surface area (Å²) in [5, 5.41) is 13.1. The second kappa shape index (κ2) is 8.32. The maximum absolute atomic E-state index is 12.8. The average molecular weight is 414 g/mol. The highest BCUT2D eigenvalue weighted by molar-refractivity contribution is 7.99. The van der Waals surface area contributed by atoms with E-state index < -0.39 is 0 Å². The molecule has 1 aliphatic rings. The van der Waals surface area contributed by atoms with Gasteiger partial charge in [-0.15, -0.1) is 5.10 Å². The monoisotopic (exact) mass is 413 g/mol. The van der Waals surface area contributed by atoms with Gasteiger partial charge >= 0.3 is 0 Å². The Morgan fingerprint density at radius 3 is 2.86 bits per heavy atom. The normalized spacial score (nSPS) is 15.9. The zero-order valence-electron chi connectivity index (χ0n) is 15.5. The largest absolute Gasteiger partial charge is 0.338 e. The lowest BCUT2D eigenvalue weighted by atomic mass is 9.87. The summed E-state index contributed by atoms with van der Waals surface area (Å²) in [5.74, 6) is 0.348. The number of rotatable bonds is 5. The van der Waals surface area contributed by atoms with E-state index in [2.05, 4.69) is 33.7 Å². The zero-order chi connectivity index (χ0) is 19.5. The van der Waals surface area contributed by atoms with E-state index >= 15 is 0 Å². The van der Waals surface area contributed by atoms with Crippen molar-refractivity contribution in [3.63, 3.8) is 0 Å². The van der Waals surface area contributed by atoms with Crippen LogP contribution in [0, 0.1) is 0 Å². The van der Waals surface area contributed by atoms with E-state index in [1.54, 1.807) is 16.8 Å². The fraction of sp³-hybridized carbons (Fsp3) is 0.300. The molecule has 0 unspecified atom stereocenters. The minimum absolute atomic E-state index is 0.0670. The maximum Gasteiger partial charge on any atom is 0.233 e. The van der Waals surface area contributed by atoms with Gasteiger partial charge < -0.3 is 4.90 Å². The number of benzene rings is 2. The molecule has 1 aliphatic carbocycles. The van der Waals surface area contributed by atoms with Gasteiger partial charge in [0.15, 0.2) is 0 Å². The molecule has 1 amide bonds. The van der Waals surface area contributed by atoms with Gasteiger partial charge in [-0.25, -0.2) is 0 Å². The first-order valence-electron chi connectivity index (χ1n) is 9.14. The van der Waals surface area contributed by atoms with Crippen LogP contribution in [0.3, 0.4) is 0 Å². The van der Waals surface area contributed by atoms with Gasteiger partial charge in [0.2, 0.25) is 11.1 Å². The average Bonchev–Trinajstić information content (AvgIpc) is 3.20. The van der Waals surface area contributed by atoms with Crippen LogP contribution in [0.25, 0.3) is 5.69 Å². The number of carbonyl (C=O) groups excluding carboxylic acids is 1. The van der Waals surface area contributed by atoms with E-state index in [-0.39, 0.29) is 17.7 Å². The molecule has 6 nitrogen and oxygen atoms in total. The van der Waals surface area contributed by atoms with Gasteiger partial charge in [0.1, 0.15) is 0 Å². The highest BCUT2D eigenvalue weighted by Crippen LogP contribution is 2.34. The molecule has 0 radical (unpaired) electrons. The van der Waals surface area contributed by atoms with Crippen molar-refractivity contribution in [2.75, 3.05) is 12.8 Å². The molecule has 0 spiro atoms. The van der Waals surface area contributed by atoms with Crippen LogP contribution in [-0.2, 0) is 11.2 Å². The van der Waals surface area contributed by atoms with Crippen molar-refractivity contribution < 1.29 is 4.79 Å². The smallest absolute Gasteiger partial charge is 0.233 e. The van der Waals surface area contributed by atoms with Crippen molar-refractivity contribution in [1.82, 2.24) is 25.1 Å². The molecule has 1 atom stereocenters. The van der Waals surface area contributed by atoms with Crippen LogP contribution in [-0.4, -0.2) is 43.8 Å². The van der Waals surface area contributed by atoms with E-state index in [1.165, 1.54) is 22.9 Å². The molecule has 0 bridgehead atoms. The molecule has 1 aromatic heterocycles. The third-order valence-corrected chi connectivity index (χ3v) is 6.19. The SMILES string of the molecule is CN(C(=O)CSc1nnnn1-c1ccc(Cl)cc1)[C@H]1CCCc2ccccc21. The van der Waals surface area contributed by atoms with Crippen molar-refractivity contribution in [2.24, 2.45) is 0 Å². The predicted molar refractivity (Wildman–Crippen MR) is 110 cm³/mol. The molecule has 0 N–H and O–H groups in total. The molecular weight excluding hydrogens is 394 g/mol. The summed E-state index contributed by atoms with van der Waals surface area (Å²) in [5.41, 5.74) is 3.41. The van der Waals surface area contributed by atoms with Crippen LogP contribution in [0.5, 0.6) is 0 Å². The Labute approximate surface area is 172 Å². The van der Waals surface area contributed by atoms with Crippen molar-refractivity contribution in [3.8, 4) is 5.69 Å². The molecular formula is C20H20ClN5OS. The minimum atomic E-state index is 0.0670. The number of aromatic nitrogens is 4. The van der Waals surface area contributed by atoms with Gasteiger partial charge in [-0.3, -0.25) is 4.79 Å². The Kier molecular flexibility index (Phi) is 5.64. The summed E-state index contributed by atoms with van der Waals surface area (Å²) in [7, 11) is 1.89. The number of amides is 1. The topological polar surface area (TPSA) is 63.9 Å². The molecule has 0 saturated heterocycles. The first-order valence-corrected chi connectivity index (χ1v) is 10.5. The maximum atomic E-state index is 12.8. The third-order valence-electron chi connectivity index (χ3n) is 5.04. The van der Waals surface area contributed by atoms with Crippen LogP contribution < -0.4 is 0 Å².